The van der Waals surface area contributed by atoms with Crippen molar-refractivity contribution in [2.24, 2.45) is 4.99 Å². The molecule has 0 atom stereocenters. The number of rotatable bonds is 11. The minimum atomic E-state index is -3.65. The third-order valence-electron chi connectivity index (χ3n) is 3.94. The van der Waals surface area contributed by atoms with Gasteiger partial charge in [-0.05, 0) is 44.4 Å². The molecule has 1 aromatic carbocycles. The molecule has 0 aliphatic carbocycles. The molecule has 0 saturated heterocycles. The summed E-state index contributed by atoms with van der Waals surface area (Å²) in [4.78, 5) is 6.53. The number of aliphatic imine (C=N–C) groups is 1. The molecule has 1 N–H and O–H groups in total. The Bertz CT molecular complexity index is 1040. The maximum atomic E-state index is 12.7. The van der Waals surface area contributed by atoms with Gasteiger partial charge in [-0.15, -0.1) is 6.42 Å². The SMILES string of the molecule is C#CCNC(CS(=O)(=O)c1ccc(Cl)c(Cl)c1)=NCCSCc1ccc(CN(C)C)o1. The molecule has 31 heavy (non-hydrogen) atoms. The molecule has 6 nitrogen and oxygen atoms in total. The maximum Gasteiger partial charge on any atom is 0.185 e. The van der Waals surface area contributed by atoms with Crippen LogP contribution in [0.4, 0.5) is 0 Å². The number of terminal acetylenes is 1. The zero-order valence-electron chi connectivity index (χ0n) is 17.4. The summed E-state index contributed by atoms with van der Waals surface area (Å²) in [5.74, 6) is 5.70. The van der Waals surface area contributed by atoms with Crippen molar-refractivity contribution in [2.75, 3.05) is 38.7 Å². The van der Waals surface area contributed by atoms with Crippen LogP contribution in [0.1, 0.15) is 11.5 Å². The van der Waals surface area contributed by atoms with Crippen molar-refractivity contribution in [3.05, 3.63) is 51.9 Å². The standard InChI is InChI=1S/C21H25Cl2N3O3S2/c1-4-9-24-21(15-31(27,28)18-7-8-19(22)20(23)12-18)25-10-11-30-14-17-6-5-16(29-17)13-26(2)3/h1,5-8,12H,9-11,13-15H2,2-3H3,(H,24,25). The molecule has 0 aliphatic rings. The highest BCUT2D eigenvalue weighted by atomic mass is 35.5. The van der Waals surface area contributed by atoms with E-state index >= 15 is 0 Å². The average molecular weight is 502 g/mol. The lowest BCUT2D eigenvalue weighted by molar-refractivity contribution is 0.344. The Morgan fingerprint density at radius 2 is 1.97 bits per heavy atom. The summed E-state index contributed by atoms with van der Waals surface area (Å²) >= 11 is 13.5. The zero-order valence-corrected chi connectivity index (χ0v) is 20.5. The lowest BCUT2D eigenvalue weighted by atomic mass is 10.4. The third-order valence-corrected chi connectivity index (χ3v) is 7.27. The molecule has 1 aromatic heterocycles. The minimum Gasteiger partial charge on any atom is -0.464 e. The van der Waals surface area contributed by atoms with Gasteiger partial charge in [-0.2, -0.15) is 11.8 Å². The molecule has 0 fully saturated rings. The van der Waals surface area contributed by atoms with Crippen molar-refractivity contribution in [1.82, 2.24) is 10.2 Å². The van der Waals surface area contributed by atoms with Crippen LogP contribution in [0.25, 0.3) is 0 Å². The number of nitrogens with one attached hydrogen (secondary N) is 1. The molecule has 168 valence electrons. The molecule has 2 aromatic rings. The molecule has 1 heterocycles. The van der Waals surface area contributed by atoms with Crippen molar-refractivity contribution in [2.45, 2.75) is 17.2 Å². The first-order chi connectivity index (χ1) is 14.7. The van der Waals surface area contributed by atoms with E-state index < -0.39 is 9.84 Å². The van der Waals surface area contributed by atoms with Crippen LogP contribution in [0.15, 0.2) is 44.6 Å². The molecule has 0 saturated carbocycles. The first-order valence-electron chi connectivity index (χ1n) is 9.40. The van der Waals surface area contributed by atoms with E-state index in [0.717, 1.165) is 23.8 Å². The number of halogens is 2. The zero-order chi connectivity index (χ0) is 22.9. The van der Waals surface area contributed by atoms with Crippen LogP contribution in [0.3, 0.4) is 0 Å². The number of thioether (sulfide) groups is 1. The first-order valence-corrected chi connectivity index (χ1v) is 13.0. The van der Waals surface area contributed by atoms with Crippen molar-refractivity contribution in [1.29, 1.82) is 0 Å². The van der Waals surface area contributed by atoms with Crippen LogP contribution >= 0.6 is 35.0 Å². The molecule has 0 radical (unpaired) electrons. The highest BCUT2D eigenvalue weighted by Gasteiger charge is 2.19. The van der Waals surface area contributed by atoms with Gasteiger partial charge in [0, 0.05) is 5.75 Å². The second kappa shape index (κ2) is 12.4. The van der Waals surface area contributed by atoms with Crippen LogP contribution in [-0.2, 0) is 22.1 Å². The second-order valence-corrected chi connectivity index (χ2v) is 10.8. The van der Waals surface area contributed by atoms with Gasteiger partial charge in [-0.25, -0.2) is 8.42 Å². The van der Waals surface area contributed by atoms with E-state index in [1.165, 1.54) is 18.2 Å². The van der Waals surface area contributed by atoms with E-state index in [0.29, 0.717) is 23.2 Å². The van der Waals surface area contributed by atoms with E-state index in [-0.39, 0.29) is 22.2 Å². The Labute approximate surface area is 198 Å². The summed E-state index contributed by atoms with van der Waals surface area (Å²) in [5.41, 5.74) is 0. The van der Waals surface area contributed by atoms with Gasteiger partial charge in [0.25, 0.3) is 0 Å². The van der Waals surface area contributed by atoms with Gasteiger partial charge in [0.15, 0.2) is 9.84 Å². The number of benzene rings is 1. The Morgan fingerprint density at radius 1 is 1.23 bits per heavy atom. The minimum absolute atomic E-state index is 0.0813. The molecule has 0 spiro atoms. The first kappa shape index (κ1) is 25.6. The second-order valence-electron chi connectivity index (χ2n) is 6.88. The number of sulfone groups is 1. The fourth-order valence-corrected chi connectivity index (χ4v) is 4.93. The molecule has 2 rings (SSSR count). The number of hydrogen-bond donors (Lipinski definition) is 1. The highest BCUT2D eigenvalue weighted by Crippen LogP contribution is 2.25. The molecule has 10 heteroatoms. The molecular formula is C21H25Cl2N3O3S2. The lowest BCUT2D eigenvalue weighted by Crippen LogP contribution is -2.31. The third kappa shape index (κ3) is 8.79. The van der Waals surface area contributed by atoms with Crippen molar-refractivity contribution < 1.29 is 12.8 Å². The Balaban J connectivity index is 1.93. The lowest BCUT2D eigenvalue weighted by Gasteiger charge is -2.10. The Hall–Kier alpha value is -1.63. The predicted octanol–water partition coefficient (Wildman–Crippen LogP) is 3.98. The largest absolute Gasteiger partial charge is 0.464 e. The molecule has 0 aliphatic heterocycles. The fraction of sp³-hybridized carbons (Fsp3) is 0.381. The van der Waals surface area contributed by atoms with E-state index in [1.54, 1.807) is 11.8 Å². The van der Waals surface area contributed by atoms with Gasteiger partial charge in [0.2, 0.25) is 0 Å². The van der Waals surface area contributed by atoms with Gasteiger partial charge in [0.1, 0.15) is 23.1 Å². The molecule has 0 bridgehead atoms. The summed E-state index contributed by atoms with van der Waals surface area (Å²) in [6.07, 6.45) is 5.29. The fourth-order valence-electron chi connectivity index (χ4n) is 2.55. The number of nitrogens with zero attached hydrogens (tertiary/aromatic N) is 2. The van der Waals surface area contributed by atoms with E-state index in [4.69, 9.17) is 34.0 Å². The van der Waals surface area contributed by atoms with E-state index in [9.17, 15) is 8.42 Å². The summed E-state index contributed by atoms with van der Waals surface area (Å²) in [5, 5.41) is 3.37. The average Bonchev–Trinajstić information content (AvgIpc) is 3.13. The van der Waals surface area contributed by atoms with Gasteiger partial charge in [-0.3, -0.25) is 4.99 Å². The molecular weight excluding hydrogens is 477 g/mol. The van der Waals surface area contributed by atoms with Crippen LogP contribution in [0.2, 0.25) is 10.0 Å². The van der Waals surface area contributed by atoms with Crippen LogP contribution in [0, 0.1) is 12.3 Å². The number of amidine groups is 1. The number of furan rings is 1. The topological polar surface area (TPSA) is 74.9 Å². The summed E-state index contributed by atoms with van der Waals surface area (Å²) < 4.78 is 31.2. The molecule has 0 amide bonds. The summed E-state index contributed by atoms with van der Waals surface area (Å²) in [6, 6.07) is 8.16. The normalized spacial score (nSPS) is 12.2. The van der Waals surface area contributed by atoms with Gasteiger partial charge >= 0.3 is 0 Å². The van der Waals surface area contributed by atoms with E-state index in [1.807, 2.05) is 31.1 Å². The van der Waals surface area contributed by atoms with Gasteiger partial charge in [0.05, 0.1) is 40.3 Å². The van der Waals surface area contributed by atoms with Crippen molar-refractivity contribution in [3.63, 3.8) is 0 Å². The summed E-state index contributed by atoms with van der Waals surface area (Å²) in [7, 11) is 0.324. The molecule has 0 unspecified atom stereocenters. The smallest absolute Gasteiger partial charge is 0.185 e. The maximum absolute atomic E-state index is 12.7. The highest BCUT2D eigenvalue weighted by molar-refractivity contribution is 7.98. The Kier molecular flexibility index (Phi) is 10.3. The van der Waals surface area contributed by atoms with Crippen molar-refractivity contribution in [3.8, 4) is 12.3 Å². The van der Waals surface area contributed by atoms with Crippen LogP contribution < -0.4 is 5.32 Å². The van der Waals surface area contributed by atoms with Gasteiger partial charge < -0.3 is 14.6 Å². The quantitative estimate of drug-likeness (QED) is 0.217. The van der Waals surface area contributed by atoms with Crippen LogP contribution in [-0.4, -0.2) is 57.8 Å². The van der Waals surface area contributed by atoms with E-state index in [2.05, 4.69) is 16.2 Å². The Morgan fingerprint density at radius 3 is 2.65 bits per heavy atom. The summed E-state index contributed by atoms with van der Waals surface area (Å²) in [6.45, 7) is 1.39. The monoisotopic (exact) mass is 501 g/mol. The predicted molar refractivity (Wildman–Crippen MR) is 130 cm³/mol. The van der Waals surface area contributed by atoms with Crippen molar-refractivity contribution >= 4 is 50.6 Å². The van der Waals surface area contributed by atoms with Gasteiger partial charge in [-0.1, -0.05) is 29.1 Å². The van der Waals surface area contributed by atoms with Crippen LogP contribution in [0.5, 0.6) is 0 Å². The number of hydrogen-bond acceptors (Lipinski definition) is 6.